The summed E-state index contributed by atoms with van der Waals surface area (Å²) in [6.45, 7) is 5.58. The molecule has 0 spiro atoms. The third kappa shape index (κ3) is 3.25. The summed E-state index contributed by atoms with van der Waals surface area (Å²) in [4.78, 5) is 14.4. The van der Waals surface area contributed by atoms with Crippen molar-refractivity contribution in [1.29, 1.82) is 0 Å². The molecule has 1 aromatic carbocycles. The third-order valence-corrected chi connectivity index (χ3v) is 3.80. The minimum Gasteiger partial charge on any atom is -0.459 e. The van der Waals surface area contributed by atoms with Gasteiger partial charge in [0, 0.05) is 18.5 Å². The monoisotopic (exact) mass is 288 g/mol. The van der Waals surface area contributed by atoms with Crippen LogP contribution in [0.2, 0.25) is 0 Å². The fraction of sp³-hybridized carbons (Fsp3) is 0.438. The Morgan fingerprint density at radius 2 is 2.29 bits per heavy atom. The van der Waals surface area contributed by atoms with Crippen LogP contribution in [-0.4, -0.2) is 43.2 Å². The van der Waals surface area contributed by atoms with E-state index in [0.717, 1.165) is 29.8 Å². The fourth-order valence-electron chi connectivity index (χ4n) is 2.56. The molecule has 1 atom stereocenters. The SMILES string of the molecule is CCN1CCO[C@@H](C(=O)NCc2cc3ccccc3o2)C1. The van der Waals surface area contributed by atoms with Gasteiger partial charge in [0.05, 0.1) is 13.2 Å². The van der Waals surface area contributed by atoms with E-state index in [1.54, 1.807) is 0 Å². The van der Waals surface area contributed by atoms with Crippen molar-refractivity contribution in [3.63, 3.8) is 0 Å². The van der Waals surface area contributed by atoms with Gasteiger partial charge in [0.2, 0.25) is 0 Å². The van der Waals surface area contributed by atoms with E-state index in [9.17, 15) is 4.79 Å². The highest BCUT2D eigenvalue weighted by atomic mass is 16.5. The van der Waals surface area contributed by atoms with Crippen LogP contribution < -0.4 is 5.32 Å². The Hall–Kier alpha value is -1.85. The highest BCUT2D eigenvalue weighted by Gasteiger charge is 2.25. The summed E-state index contributed by atoms with van der Waals surface area (Å²) in [5.41, 5.74) is 0.841. The first kappa shape index (κ1) is 14.1. The number of furan rings is 1. The Kier molecular flexibility index (Phi) is 4.22. The maximum Gasteiger partial charge on any atom is 0.250 e. The minimum atomic E-state index is -0.386. The molecule has 1 aliphatic rings. The molecular weight excluding hydrogens is 268 g/mol. The van der Waals surface area contributed by atoms with Gasteiger partial charge in [-0.3, -0.25) is 9.69 Å². The third-order valence-electron chi connectivity index (χ3n) is 3.80. The number of rotatable bonds is 4. The lowest BCUT2D eigenvalue weighted by atomic mass is 10.2. The average molecular weight is 288 g/mol. The lowest BCUT2D eigenvalue weighted by Gasteiger charge is -2.31. The van der Waals surface area contributed by atoms with E-state index in [1.165, 1.54) is 0 Å². The molecular formula is C16H20N2O3. The molecule has 0 radical (unpaired) electrons. The highest BCUT2D eigenvalue weighted by Crippen LogP contribution is 2.18. The Morgan fingerprint density at radius 3 is 3.10 bits per heavy atom. The van der Waals surface area contributed by atoms with Crippen molar-refractivity contribution in [3.05, 3.63) is 36.1 Å². The standard InChI is InChI=1S/C16H20N2O3/c1-2-18-7-8-20-15(11-18)16(19)17-10-13-9-12-5-3-4-6-14(12)21-13/h3-6,9,15H,2,7-8,10-11H2,1H3,(H,17,19)/t15-/m1/s1. The topological polar surface area (TPSA) is 54.7 Å². The molecule has 1 N–H and O–H groups in total. The summed E-state index contributed by atoms with van der Waals surface area (Å²) in [6, 6.07) is 9.77. The van der Waals surface area contributed by atoms with Crippen LogP contribution >= 0.6 is 0 Å². The van der Waals surface area contributed by atoms with Crippen LogP contribution in [0.25, 0.3) is 11.0 Å². The zero-order valence-electron chi connectivity index (χ0n) is 12.2. The van der Waals surface area contributed by atoms with Crippen LogP contribution in [0.1, 0.15) is 12.7 Å². The number of hydrogen-bond donors (Lipinski definition) is 1. The number of para-hydroxylation sites is 1. The Morgan fingerprint density at radius 1 is 1.43 bits per heavy atom. The number of benzene rings is 1. The minimum absolute atomic E-state index is 0.0754. The van der Waals surface area contributed by atoms with Gasteiger partial charge in [-0.2, -0.15) is 0 Å². The van der Waals surface area contributed by atoms with Gasteiger partial charge in [0.25, 0.3) is 5.91 Å². The molecule has 0 saturated carbocycles. The van der Waals surface area contributed by atoms with Gasteiger partial charge in [0.15, 0.2) is 0 Å². The molecule has 5 nitrogen and oxygen atoms in total. The second-order valence-corrected chi connectivity index (χ2v) is 5.22. The Labute approximate surface area is 123 Å². The highest BCUT2D eigenvalue weighted by molar-refractivity contribution is 5.81. The lowest BCUT2D eigenvalue weighted by Crippen LogP contribution is -2.49. The van der Waals surface area contributed by atoms with Gasteiger partial charge >= 0.3 is 0 Å². The van der Waals surface area contributed by atoms with E-state index in [1.807, 2.05) is 30.3 Å². The van der Waals surface area contributed by atoms with Crippen LogP contribution in [0.3, 0.4) is 0 Å². The Balaban J connectivity index is 1.57. The molecule has 3 rings (SSSR count). The molecule has 2 aromatic rings. The second-order valence-electron chi connectivity index (χ2n) is 5.22. The summed E-state index contributed by atoms with van der Waals surface area (Å²) in [5, 5.41) is 3.94. The van der Waals surface area contributed by atoms with Crippen molar-refractivity contribution >= 4 is 16.9 Å². The predicted molar refractivity (Wildman–Crippen MR) is 79.9 cm³/mol. The van der Waals surface area contributed by atoms with Crippen molar-refractivity contribution in [2.24, 2.45) is 0 Å². The van der Waals surface area contributed by atoms with E-state index in [-0.39, 0.29) is 12.0 Å². The van der Waals surface area contributed by atoms with Crippen molar-refractivity contribution in [2.75, 3.05) is 26.2 Å². The van der Waals surface area contributed by atoms with Gasteiger partial charge in [-0.25, -0.2) is 0 Å². The summed E-state index contributed by atoms with van der Waals surface area (Å²) in [6.07, 6.45) is -0.386. The van der Waals surface area contributed by atoms with E-state index in [0.29, 0.717) is 19.7 Å². The number of likely N-dealkylation sites (N-methyl/N-ethyl adjacent to an activating group) is 1. The number of morpholine rings is 1. The van der Waals surface area contributed by atoms with Gasteiger partial charge in [0.1, 0.15) is 17.4 Å². The molecule has 1 saturated heterocycles. The first-order valence-corrected chi connectivity index (χ1v) is 7.35. The number of nitrogens with one attached hydrogen (secondary N) is 1. The number of nitrogens with zero attached hydrogens (tertiary/aromatic N) is 1. The van der Waals surface area contributed by atoms with Crippen LogP contribution in [0.5, 0.6) is 0 Å². The molecule has 112 valence electrons. The molecule has 5 heteroatoms. The van der Waals surface area contributed by atoms with Crippen molar-refractivity contribution in [1.82, 2.24) is 10.2 Å². The first-order chi connectivity index (χ1) is 10.3. The number of carbonyl (C=O) groups is 1. The van der Waals surface area contributed by atoms with Crippen LogP contribution in [0.15, 0.2) is 34.7 Å². The van der Waals surface area contributed by atoms with Gasteiger partial charge in [-0.1, -0.05) is 25.1 Å². The smallest absolute Gasteiger partial charge is 0.250 e. The number of hydrogen-bond acceptors (Lipinski definition) is 4. The normalized spacial score (nSPS) is 19.8. The second kappa shape index (κ2) is 6.28. The number of amides is 1. The van der Waals surface area contributed by atoms with Crippen molar-refractivity contribution < 1.29 is 13.9 Å². The summed E-state index contributed by atoms with van der Waals surface area (Å²) >= 11 is 0. The zero-order chi connectivity index (χ0) is 14.7. The quantitative estimate of drug-likeness (QED) is 0.931. The van der Waals surface area contributed by atoms with E-state index < -0.39 is 0 Å². The zero-order valence-corrected chi connectivity index (χ0v) is 12.2. The summed E-state index contributed by atoms with van der Waals surface area (Å²) in [7, 11) is 0. The largest absolute Gasteiger partial charge is 0.459 e. The average Bonchev–Trinajstić information content (AvgIpc) is 2.95. The maximum atomic E-state index is 12.1. The molecule has 0 aliphatic carbocycles. The molecule has 1 fully saturated rings. The van der Waals surface area contributed by atoms with Gasteiger partial charge in [-0.15, -0.1) is 0 Å². The molecule has 1 aromatic heterocycles. The van der Waals surface area contributed by atoms with Crippen LogP contribution in [-0.2, 0) is 16.1 Å². The number of ether oxygens (including phenoxy) is 1. The summed E-state index contributed by atoms with van der Waals surface area (Å²) < 4.78 is 11.2. The van der Waals surface area contributed by atoms with Gasteiger partial charge in [-0.05, 0) is 18.7 Å². The van der Waals surface area contributed by atoms with E-state index in [4.69, 9.17) is 9.15 Å². The van der Waals surface area contributed by atoms with Gasteiger partial charge < -0.3 is 14.5 Å². The number of carbonyl (C=O) groups excluding carboxylic acids is 1. The predicted octanol–water partition coefficient (Wildman–Crippen LogP) is 1.77. The fourth-order valence-corrected chi connectivity index (χ4v) is 2.56. The van der Waals surface area contributed by atoms with Crippen LogP contribution in [0.4, 0.5) is 0 Å². The summed E-state index contributed by atoms with van der Waals surface area (Å²) in [5.74, 6) is 0.682. The lowest BCUT2D eigenvalue weighted by molar-refractivity contribution is -0.138. The van der Waals surface area contributed by atoms with Crippen LogP contribution in [0, 0.1) is 0 Å². The van der Waals surface area contributed by atoms with Crippen molar-refractivity contribution in [2.45, 2.75) is 19.6 Å². The van der Waals surface area contributed by atoms with Crippen molar-refractivity contribution in [3.8, 4) is 0 Å². The van der Waals surface area contributed by atoms with E-state index >= 15 is 0 Å². The molecule has 0 unspecified atom stereocenters. The molecule has 0 bridgehead atoms. The first-order valence-electron chi connectivity index (χ1n) is 7.35. The maximum absolute atomic E-state index is 12.1. The van der Waals surface area contributed by atoms with E-state index in [2.05, 4.69) is 17.1 Å². The molecule has 2 heterocycles. The molecule has 1 aliphatic heterocycles. The number of fused-ring (bicyclic) bond motifs is 1. The molecule has 21 heavy (non-hydrogen) atoms. The Bertz CT molecular complexity index is 590. The molecule has 1 amide bonds.